The van der Waals surface area contributed by atoms with Crippen LogP contribution in [0.15, 0.2) is 20.5 Å². The monoisotopic (exact) mass is 421 g/mol. The number of halogens is 2. The van der Waals surface area contributed by atoms with Gasteiger partial charge in [-0.3, -0.25) is 0 Å². The average Bonchev–Trinajstić information content (AvgIpc) is 3.11. The van der Waals surface area contributed by atoms with Crippen LogP contribution in [-0.2, 0) is 14.2 Å². The topological polar surface area (TPSA) is 54.8 Å². The van der Waals surface area contributed by atoms with Crippen molar-refractivity contribution in [2.45, 2.75) is 30.3 Å². The molecule has 1 spiro atoms. The summed E-state index contributed by atoms with van der Waals surface area (Å²) in [6, 6.07) is 2.53. The maximum Gasteiger partial charge on any atom is 0.170 e. The normalized spacial score (nSPS) is 33.3. The second kappa shape index (κ2) is 4.87. The number of nitrogens with zero attached hydrogens (tertiary/aromatic N) is 1. The van der Waals surface area contributed by atoms with Gasteiger partial charge in [0.1, 0.15) is 21.0 Å². The summed E-state index contributed by atoms with van der Waals surface area (Å²) >= 11 is 7.13. The number of hydrogen-bond acceptors (Lipinski definition) is 4. The van der Waals surface area contributed by atoms with Crippen LogP contribution in [0.2, 0.25) is 24.7 Å². The molecule has 2 rings (SSSR count). The lowest BCUT2D eigenvalue weighted by atomic mass is 9.86. The Labute approximate surface area is 137 Å². The van der Waals surface area contributed by atoms with Gasteiger partial charge < -0.3 is 14.2 Å². The van der Waals surface area contributed by atoms with E-state index in [1.165, 1.54) is 0 Å². The number of allylic oxidation sites excluding steroid dienone is 1. The maximum absolute atomic E-state index is 10.0. The first-order valence-corrected chi connectivity index (χ1v) is 11.3. The van der Waals surface area contributed by atoms with Crippen LogP contribution in [0.25, 0.3) is 0 Å². The molecule has 2 atom stereocenters. The van der Waals surface area contributed by atoms with E-state index in [0.717, 1.165) is 4.48 Å². The molecule has 0 saturated carbocycles. The predicted octanol–water partition coefficient (Wildman–Crippen LogP) is 3.88. The lowest BCUT2D eigenvalue weighted by Crippen LogP contribution is -2.52. The standard InChI is InChI=1S/C13H17Br2NO3Si/c1-17-9-8(14)11(18-2)12(7-19-12)13(6-16,10(9)15)20(3,4)5/h7H2,1-5H3/t12-,13+/m0/s1. The number of ether oxygens (including phenoxy) is 3. The minimum Gasteiger partial charge on any atom is -0.497 e. The minimum absolute atomic E-state index is 0.481. The molecule has 1 fully saturated rings. The molecule has 110 valence electrons. The molecule has 20 heavy (non-hydrogen) atoms. The highest BCUT2D eigenvalue weighted by Crippen LogP contribution is 2.69. The largest absolute Gasteiger partial charge is 0.497 e. The highest BCUT2D eigenvalue weighted by atomic mass is 79.9. The average molecular weight is 423 g/mol. The van der Waals surface area contributed by atoms with Gasteiger partial charge in [-0.25, -0.2) is 0 Å². The van der Waals surface area contributed by atoms with Crippen LogP contribution in [0.3, 0.4) is 0 Å². The predicted molar refractivity (Wildman–Crippen MR) is 86.3 cm³/mol. The summed E-state index contributed by atoms with van der Waals surface area (Å²) in [5.74, 6) is 1.24. The van der Waals surface area contributed by atoms with Gasteiger partial charge in [-0.05, 0) is 15.9 Å². The summed E-state index contributed by atoms with van der Waals surface area (Å²) in [6.07, 6.45) is 0. The molecule has 1 aliphatic heterocycles. The van der Waals surface area contributed by atoms with Gasteiger partial charge in [0.25, 0.3) is 0 Å². The SMILES string of the molecule is COC1=C(Br)[C@@](C#N)([Si](C)(C)C)[C@]2(CO2)C(OC)=C1Br. The Morgan fingerprint density at radius 2 is 1.80 bits per heavy atom. The number of methoxy groups -OCH3 is 2. The van der Waals surface area contributed by atoms with E-state index in [1.807, 2.05) is 0 Å². The van der Waals surface area contributed by atoms with E-state index >= 15 is 0 Å². The summed E-state index contributed by atoms with van der Waals surface area (Å²) in [6.45, 7) is 6.94. The van der Waals surface area contributed by atoms with Crippen molar-refractivity contribution in [2.75, 3.05) is 20.8 Å². The second-order valence-electron chi connectivity index (χ2n) is 5.92. The molecule has 0 aromatic rings. The van der Waals surface area contributed by atoms with Crippen LogP contribution in [0.5, 0.6) is 0 Å². The third-order valence-corrected chi connectivity index (χ3v) is 9.09. The van der Waals surface area contributed by atoms with Crippen LogP contribution in [0.4, 0.5) is 0 Å². The van der Waals surface area contributed by atoms with Crippen molar-refractivity contribution in [1.29, 1.82) is 5.26 Å². The second-order valence-corrected chi connectivity index (χ2v) is 12.8. The highest BCUT2D eigenvalue weighted by Gasteiger charge is 2.74. The van der Waals surface area contributed by atoms with Gasteiger partial charge in [-0.2, -0.15) is 5.26 Å². The smallest absolute Gasteiger partial charge is 0.170 e. The fourth-order valence-electron chi connectivity index (χ4n) is 2.99. The Hall–Kier alpha value is -0.293. The Balaban J connectivity index is 2.83. The third kappa shape index (κ3) is 1.71. The van der Waals surface area contributed by atoms with E-state index in [9.17, 15) is 5.26 Å². The molecule has 1 saturated heterocycles. The van der Waals surface area contributed by atoms with Crippen molar-refractivity contribution in [2.24, 2.45) is 0 Å². The van der Waals surface area contributed by atoms with Gasteiger partial charge in [0, 0.05) is 0 Å². The molecule has 0 radical (unpaired) electrons. The van der Waals surface area contributed by atoms with Gasteiger partial charge in [0.15, 0.2) is 5.60 Å². The summed E-state index contributed by atoms with van der Waals surface area (Å²) in [5.41, 5.74) is -0.708. The number of hydrogen-bond donors (Lipinski definition) is 0. The Kier molecular flexibility index (Phi) is 3.92. The summed E-state index contributed by atoms with van der Waals surface area (Å²) in [5, 5.41) is 9.26. The van der Waals surface area contributed by atoms with E-state index in [0.29, 0.717) is 22.6 Å². The molecule has 4 nitrogen and oxygen atoms in total. The van der Waals surface area contributed by atoms with Crippen molar-refractivity contribution in [1.82, 2.24) is 0 Å². The van der Waals surface area contributed by atoms with Crippen LogP contribution in [0, 0.1) is 11.3 Å². The van der Waals surface area contributed by atoms with Crippen molar-refractivity contribution in [3.8, 4) is 6.07 Å². The number of nitriles is 1. The van der Waals surface area contributed by atoms with Crippen LogP contribution >= 0.6 is 31.9 Å². The molecule has 0 unspecified atom stereocenters. The Morgan fingerprint density at radius 3 is 2.10 bits per heavy atom. The van der Waals surface area contributed by atoms with E-state index in [1.54, 1.807) is 14.2 Å². The highest BCUT2D eigenvalue weighted by molar-refractivity contribution is 9.12. The Morgan fingerprint density at radius 1 is 1.25 bits per heavy atom. The summed E-state index contributed by atoms with van der Waals surface area (Å²) < 4.78 is 18.3. The zero-order valence-electron chi connectivity index (χ0n) is 12.1. The molecule has 0 aromatic heterocycles. The van der Waals surface area contributed by atoms with Crippen LogP contribution < -0.4 is 0 Å². The van der Waals surface area contributed by atoms with Gasteiger partial charge in [-0.15, -0.1) is 0 Å². The van der Waals surface area contributed by atoms with Gasteiger partial charge in [-0.1, -0.05) is 35.6 Å². The molecule has 0 amide bonds. The van der Waals surface area contributed by atoms with Crippen molar-refractivity contribution in [3.63, 3.8) is 0 Å². The van der Waals surface area contributed by atoms with Crippen LogP contribution in [-0.4, -0.2) is 34.5 Å². The van der Waals surface area contributed by atoms with Crippen molar-refractivity contribution >= 4 is 39.9 Å². The summed E-state index contributed by atoms with van der Waals surface area (Å²) in [7, 11) is 1.19. The first-order chi connectivity index (χ1) is 9.23. The number of rotatable bonds is 3. The fraction of sp³-hybridized carbons (Fsp3) is 0.615. The number of epoxide rings is 1. The Bertz CT molecular complexity index is 555. The van der Waals surface area contributed by atoms with E-state index in [2.05, 4.69) is 57.6 Å². The first-order valence-electron chi connectivity index (χ1n) is 6.17. The molecule has 2 aliphatic rings. The lowest BCUT2D eigenvalue weighted by Gasteiger charge is -2.45. The molecule has 0 aromatic carbocycles. The minimum atomic E-state index is -1.99. The van der Waals surface area contributed by atoms with E-state index < -0.39 is 18.7 Å². The zero-order chi connectivity index (χ0) is 15.3. The molecule has 7 heteroatoms. The molecule has 0 bridgehead atoms. The fourth-order valence-corrected chi connectivity index (χ4v) is 9.23. The molecule has 1 aliphatic carbocycles. The molecular weight excluding hydrogens is 406 g/mol. The van der Waals surface area contributed by atoms with Gasteiger partial charge in [0.05, 0.1) is 39.5 Å². The maximum atomic E-state index is 10.0. The lowest BCUT2D eigenvalue weighted by molar-refractivity contribution is 0.171. The molecule has 1 heterocycles. The van der Waals surface area contributed by atoms with Gasteiger partial charge >= 0.3 is 0 Å². The van der Waals surface area contributed by atoms with Crippen LogP contribution in [0.1, 0.15) is 0 Å². The summed E-state index contributed by atoms with van der Waals surface area (Å²) in [4.78, 5) is 0. The molecular formula is C13H17Br2NO3Si. The quantitative estimate of drug-likeness (QED) is 0.511. The van der Waals surface area contributed by atoms with E-state index in [4.69, 9.17) is 14.2 Å². The zero-order valence-corrected chi connectivity index (χ0v) is 16.3. The van der Waals surface area contributed by atoms with E-state index in [-0.39, 0.29) is 0 Å². The third-order valence-electron chi connectivity index (χ3n) is 4.03. The molecule has 0 N–H and O–H groups in total. The van der Waals surface area contributed by atoms with Crippen molar-refractivity contribution in [3.05, 3.63) is 20.5 Å². The first kappa shape index (κ1) is 16.1. The van der Waals surface area contributed by atoms with Gasteiger partial charge in [0.2, 0.25) is 0 Å². The van der Waals surface area contributed by atoms with Crippen molar-refractivity contribution < 1.29 is 14.2 Å².